The minimum absolute atomic E-state index is 0.0690. The molecule has 0 saturated carbocycles. The number of ether oxygens (including phenoxy) is 1. The molecular weight excluding hydrogens is 394 g/mol. The number of fused-ring (bicyclic) bond motifs is 1. The number of thioether (sulfide) groups is 1. The zero-order chi connectivity index (χ0) is 18.4. The first kappa shape index (κ1) is 18.8. The number of esters is 1. The summed E-state index contributed by atoms with van der Waals surface area (Å²) < 4.78 is 6.58. The molecule has 0 aliphatic rings. The first-order chi connectivity index (χ1) is 12.6. The molecule has 2 heterocycles. The quantitative estimate of drug-likeness (QED) is 0.456. The van der Waals surface area contributed by atoms with Gasteiger partial charge >= 0.3 is 5.97 Å². The maximum absolute atomic E-state index is 12.1. The predicted molar refractivity (Wildman–Crippen MR) is 104 cm³/mol. The van der Waals surface area contributed by atoms with Crippen LogP contribution in [0, 0.1) is 0 Å². The molecule has 3 aromatic rings. The molecule has 0 unspecified atom stereocenters. The van der Waals surface area contributed by atoms with Crippen molar-refractivity contribution >= 4 is 51.5 Å². The van der Waals surface area contributed by atoms with E-state index in [1.807, 2.05) is 18.2 Å². The van der Waals surface area contributed by atoms with Gasteiger partial charge in [0.05, 0.1) is 0 Å². The molecule has 6 nitrogen and oxygen atoms in total. The molecule has 0 fully saturated rings. The molecule has 1 amide bonds. The molecular formula is C17H16ClN3O3S2. The molecule has 3 rings (SSSR count). The van der Waals surface area contributed by atoms with Gasteiger partial charge in [0, 0.05) is 29.6 Å². The van der Waals surface area contributed by atoms with Gasteiger partial charge in [-0.15, -0.1) is 11.3 Å². The van der Waals surface area contributed by atoms with E-state index in [2.05, 4.69) is 22.4 Å². The van der Waals surface area contributed by atoms with Gasteiger partial charge in [0.2, 0.25) is 0 Å². The lowest BCUT2D eigenvalue weighted by atomic mass is 10.2. The number of imidazole rings is 1. The molecule has 2 aromatic heterocycles. The molecule has 26 heavy (non-hydrogen) atoms. The summed E-state index contributed by atoms with van der Waals surface area (Å²) in [7, 11) is 0. The maximum Gasteiger partial charge on any atom is 0.359 e. The Kier molecular flexibility index (Phi) is 6.54. The topological polar surface area (TPSA) is 72.7 Å². The Bertz CT molecular complexity index is 895. The van der Waals surface area contributed by atoms with Crippen LogP contribution in [-0.2, 0) is 15.3 Å². The van der Waals surface area contributed by atoms with Gasteiger partial charge in [-0.3, -0.25) is 9.20 Å². The monoisotopic (exact) mass is 409 g/mol. The van der Waals surface area contributed by atoms with Gasteiger partial charge in [-0.05, 0) is 5.56 Å². The summed E-state index contributed by atoms with van der Waals surface area (Å²) in [5.74, 6) is 0.649. The van der Waals surface area contributed by atoms with Crippen LogP contribution in [0.1, 0.15) is 16.1 Å². The molecule has 0 radical (unpaired) electrons. The Morgan fingerprint density at radius 1 is 1.31 bits per heavy atom. The van der Waals surface area contributed by atoms with Crippen LogP contribution in [0.5, 0.6) is 0 Å². The number of amides is 1. The van der Waals surface area contributed by atoms with Gasteiger partial charge in [0.1, 0.15) is 0 Å². The molecule has 0 aliphatic carbocycles. The highest BCUT2D eigenvalue weighted by atomic mass is 35.5. The Labute approximate surface area is 163 Å². The fraction of sp³-hybridized carbons (Fsp3) is 0.235. The zero-order valence-corrected chi connectivity index (χ0v) is 16.1. The third-order valence-electron chi connectivity index (χ3n) is 3.43. The van der Waals surface area contributed by atoms with Gasteiger partial charge in [-0.25, -0.2) is 9.78 Å². The lowest BCUT2D eigenvalue weighted by Crippen LogP contribution is -2.30. The number of halogens is 1. The van der Waals surface area contributed by atoms with Crippen LogP contribution in [0.3, 0.4) is 0 Å². The van der Waals surface area contributed by atoms with E-state index >= 15 is 0 Å². The van der Waals surface area contributed by atoms with Gasteiger partial charge < -0.3 is 10.1 Å². The van der Waals surface area contributed by atoms with E-state index in [4.69, 9.17) is 16.3 Å². The molecule has 0 spiro atoms. The van der Waals surface area contributed by atoms with Crippen LogP contribution in [0.4, 0.5) is 0 Å². The van der Waals surface area contributed by atoms with E-state index in [1.54, 1.807) is 27.7 Å². The summed E-state index contributed by atoms with van der Waals surface area (Å²) in [5.41, 5.74) is 1.38. The standard InChI is InChI=1S/C17H16ClN3O3S2/c18-15-14(21-7-9-26-17(21)20-15)16(23)24-10-13(22)19-6-8-25-11-12-4-2-1-3-5-12/h1-5,7,9H,6,8,10-11H2,(H,19,22). The summed E-state index contributed by atoms with van der Waals surface area (Å²) in [6.45, 7) is 0.159. The average molecular weight is 410 g/mol. The fourth-order valence-corrected chi connectivity index (χ4v) is 4.05. The highest BCUT2D eigenvalue weighted by molar-refractivity contribution is 7.98. The first-order valence-electron chi connectivity index (χ1n) is 7.81. The van der Waals surface area contributed by atoms with Crippen LogP contribution in [0.15, 0.2) is 41.9 Å². The number of hydrogen-bond acceptors (Lipinski definition) is 6. The Hall–Kier alpha value is -2.03. The van der Waals surface area contributed by atoms with Crippen LogP contribution >= 0.6 is 34.7 Å². The van der Waals surface area contributed by atoms with Crippen molar-refractivity contribution in [3.05, 3.63) is 58.3 Å². The van der Waals surface area contributed by atoms with Gasteiger partial charge in [0.15, 0.2) is 22.4 Å². The molecule has 0 aliphatic heterocycles. The minimum Gasteiger partial charge on any atom is -0.451 e. The van der Waals surface area contributed by atoms with Crippen molar-refractivity contribution in [3.63, 3.8) is 0 Å². The number of thiazole rings is 1. The molecule has 1 N–H and O–H groups in total. The number of hydrogen-bond donors (Lipinski definition) is 1. The molecule has 136 valence electrons. The molecule has 1 aromatic carbocycles. The third kappa shape index (κ3) is 4.78. The maximum atomic E-state index is 12.1. The van der Waals surface area contributed by atoms with E-state index in [1.165, 1.54) is 16.9 Å². The number of carbonyl (C=O) groups is 2. The van der Waals surface area contributed by atoms with Crippen molar-refractivity contribution in [2.24, 2.45) is 0 Å². The van der Waals surface area contributed by atoms with Crippen molar-refractivity contribution in [1.82, 2.24) is 14.7 Å². The van der Waals surface area contributed by atoms with Crippen molar-refractivity contribution in [2.45, 2.75) is 5.75 Å². The second-order valence-corrected chi connectivity index (χ2v) is 7.61. The Morgan fingerprint density at radius 2 is 2.12 bits per heavy atom. The lowest BCUT2D eigenvalue weighted by Gasteiger charge is -2.06. The van der Waals surface area contributed by atoms with Crippen molar-refractivity contribution in [2.75, 3.05) is 18.9 Å². The number of benzene rings is 1. The average Bonchev–Trinajstić information content (AvgIpc) is 3.20. The predicted octanol–water partition coefficient (Wildman–Crippen LogP) is 3.26. The van der Waals surface area contributed by atoms with Crippen LogP contribution in [0.25, 0.3) is 4.96 Å². The molecule has 0 saturated heterocycles. The third-order valence-corrected chi connectivity index (χ3v) is 5.48. The fourth-order valence-electron chi connectivity index (χ4n) is 2.22. The SMILES string of the molecule is O=C(COC(=O)c1c(Cl)nc2sccn12)NCCSCc1ccccc1. The van der Waals surface area contributed by atoms with E-state index < -0.39 is 5.97 Å². The summed E-state index contributed by atoms with van der Waals surface area (Å²) >= 11 is 9.04. The normalized spacial score (nSPS) is 10.8. The minimum atomic E-state index is -0.672. The smallest absolute Gasteiger partial charge is 0.359 e. The summed E-state index contributed by atoms with van der Waals surface area (Å²) in [4.78, 5) is 28.6. The second kappa shape index (κ2) is 9.07. The zero-order valence-electron chi connectivity index (χ0n) is 13.7. The summed E-state index contributed by atoms with van der Waals surface area (Å²) in [6.07, 6.45) is 1.68. The number of aromatic nitrogens is 2. The van der Waals surface area contributed by atoms with E-state index in [-0.39, 0.29) is 23.4 Å². The van der Waals surface area contributed by atoms with Gasteiger partial charge in [0.25, 0.3) is 5.91 Å². The first-order valence-corrected chi connectivity index (χ1v) is 10.2. The molecule has 9 heteroatoms. The summed E-state index contributed by atoms with van der Waals surface area (Å²) in [5, 5.41) is 4.58. The van der Waals surface area contributed by atoms with Crippen LogP contribution in [0.2, 0.25) is 5.15 Å². The number of nitrogens with zero attached hydrogens (tertiary/aromatic N) is 2. The number of rotatable bonds is 8. The molecule has 0 atom stereocenters. The molecule has 0 bridgehead atoms. The summed E-state index contributed by atoms with van der Waals surface area (Å²) in [6, 6.07) is 10.1. The highest BCUT2D eigenvalue weighted by Crippen LogP contribution is 2.21. The van der Waals surface area contributed by atoms with E-state index in [9.17, 15) is 9.59 Å². The number of carbonyl (C=O) groups excluding carboxylic acids is 2. The second-order valence-electron chi connectivity index (χ2n) is 5.27. The van der Waals surface area contributed by atoms with Crippen LogP contribution < -0.4 is 5.32 Å². The number of nitrogens with one attached hydrogen (secondary N) is 1. The van der Waals surface area contributed by atoms with Crippen molar-refractivity contribution < 1.29 is 14.3 Å². The van der Waals surface area contributed by atoms with E-state index in [0.717, 1.165) is 11.5 Å². The van der Waals surface area contributed by atoms with Crippen molar-refractivity contribution in [1.29, 1.82) is 0 Å². The van der Waals surface area contributed by atoms with Crippen LogP contribution in [-0.4, -0.2) is 40.2 Å². The van der Waals surface area contributed by atoms with Gasteiger partial charge in [-0.2, -0.15) is 11.8 Å². The largest absolute Gasteiger partial charge is 0.451 e. The highest BCUT2D eigenvalue weighted by Gasteiger charge is 2.21. The lowest BCUT2D eigenvalue weighted by molar-refractivity contribution is -0.124. The Balaban J connectivity index is 1.37. The van der Waals surface area contributed by atoms with E-state index in [0.29, 0.717) is 11.5 Å². The Morgan fingerprint density at radius 3 is 2.92 bits per heavy atom. The van der Waals surface area contributed by atoms with Crippen molar-refractivity contribution in [3.8, 4) is 0 Å². The van der Waals surface area contributed by atoms with Gasteiger partial charge in [-0.1, -0.05) is 41.9 Å².